The smallest absolute Gasteiger partial charge is 0.239 e. The molecule has 0 aliphatic carbocycles. The number of aromatic nitrogens is 3. The molecule has 0 unspecified atom stereocenters. The van der Waals surface area contributed by atoms with Gasteiger partial charge in [-0.05, 0) is 6.92 Å². The summed E-state index contributed by atoms with van der Waals surface area (Å²) in [6, 6.07) is 1.71. The summed E-state index contributed by atoms with van der Waals surface area (Å²) >= 11 is 0. The summed E-state index contributed by atoms with van der Waals surface area (Å²) in [6.45, 7) is 7.90. The maximum atomic E-state index is 12.0. The zero-order valence-electron chi connectivity index (χ0n) is 13.3. The monoisotopic (exact) mass is 318 g/mol. The second kappa shape index (κ2) is 7.38. The molecular formula is C15H22N6O2. The van der Waals surface area contributed by atoms with Crippen LogP contribution in [0.5, 0.6) is 0 Å². The molecule has 2 aromatic rings. The van der Waals surface area contributed by atoms with E-state index in [4.69, 9.17) is 4.52 Å². The van der Waals surface area contributed by atoms with Crippen LogP contribution in [0.2, 0.25) is 0 Å². The lowest BCUT2D eigenvalue weighted by Crippen LogP contribution is -2.49. The Balaban J connectivity index is 1.36. The fraction of sp³-hybridized carbons (Fsp3) is 0.533. The molecule has 0 bridgehead atoms. The van der Waals surface area contributed by atoms with E-state index in [9.17, 15) is 4.79 Å². The SMILES string of the molecule is Cc1cc(NC(=O)CN2CCN(CCn3ccnc3)CC2)no1. The molecule has 1 fully saturated rings. The first-order chi connectivity index (χ1) is 11.2. The van der Waals surface area contributed by atoms with Crippen LogP contribution in [0, 0.1) is 6.92 Å². The van der Waals surface area contributed by atoms with Gasteiger partial charge in [-0.1, -0.05) is 5.16 Å². The molecule has 0 radical (unpaired) electrons. The van der Waals surface area contributed by atoms with Crippen LogP contribution in [-0.4, -0.2) is 69.7 Å². The first-order valence-corrected chi connectivity index (χ1v) is 7.83. The van der Waals surface area contributed by atoms with E-state index in [0.29, 0.717) is 18.1 Å². The lowest BCUT2D eigenvalue weighted by Gasteiger charge is -2.34. The summed E-state index contributed by atoms with van der Waals surface area (Å²) in [5.41, 5.74) is 0. The van der Waals surface area contributed by atoms with E-state index in [-0.39, 0.29) is 5.91 Å². The number of imidazole rings is 1. The predicted molar refractivity (Wildman–Crippen MR) is 85.0 cm³/mol. The lowest BCUT2D eigenvalue weighted by molar-refractivity contribution is -0.117. The lowest BCUT2D eigenvalue weighted by atomic mass is 10.3. The highest BCUT2D eigenvalue weighted by molar-refractivity contribution is 5.91. The van der Waals surface area contributed by atoms with Crippen LogP contribution in [0.25, 0.3) is 0 Å². The molecule has 124 valence electrons. The number of aryl methyl sites for hydroxylation is 1. The standard InChI is InChI=1S/C15H22N6O2/c1-13-10-14(18-23-13)17-15(22)11-20-7-4-19(5-8-20)6-9-21-3-2-16-12-21/h2-3,10,12H,4-9,11H2,1H3,(H,17,18,22). The van der Waals surface area contributed by atoms with Crippen LogP contribution < -0.4 is 5.32 Å². The van der Waals surface area contributed by atoms with Crippen molar-refractivity contribution >= 4 is 11.7 Å². The van der Waals surface area contributed by atoms with Gasteiger partial charge in [0.25, 0.3) is 0 Å². The fourth-order valence-electron chi connectivity index (χ4n) is 2.66. The van der Waals surface area contributed by atoms with E-state index in [1.54, 1.807) is 19.2 Å². The minimum absolute atomic E-state index is 0.0508. The number of carbonyl (C=O) groups is 1. The van der Waals surface area contributed by atoms with Gasteiger partial charge >= 0.3 is 0 Å². The van der Waals surface area contributed by atoms with Gasteiger partial charge in [0.2, 0.25) is 5.91 Å². The van der Waals surface area contributed by atoms with Crippen LogP contribution in [0.15, 0.2) is 29.3 Å². The van der Waals surface area contributed by atoms with Gasteiger partial charge < -0.3 is 14.4 Å². The van der Waals surface area contributed by atoms with E-state index in [1.165, 1.54) is 0 Å². The molecular weight excluding hydrogens is 296 g/mol. The molecule has 1 aliphatic heterocycles. The Labute approximate surface area is 135 Å². The molecule has 1 amide bonds. The number of rotatable bonds is 6. The average Bonchev–Trinajstić information content (AvgIpc) is 3.18. The highest BCUT2D eigenvalue weighted by atomic mass is 16.5. The minimum Gasteiger partial charge on any atom is -0.360 e. The Bertz CT molecular complexity index is 616. The maximum absolute atomic E-state index is 12.0. The van der Waals surface area contributed by atoms with Gasteiger partial charge in [0.1, 0.15) is 5.76 Å². The molecule has 1 aliphatic rings. The molecule has 23 heavy (non-hydrogen) atoms. The summed E-state index contributed by atoms with van der Waals surface area (Å²) < 4.78 is 7.02. The number of nitrogens with zero attached hydrogens (tertiary/aromatic N) is 5. The average molecular weight is 318 g/mol. The summed E-state index contributed by atoms with van der Waals surface area (Å²) in [7, 11) is 0. The molecule has 1 saturated heterocycles. The number of hydrogen-bond donors (Lipinski definition) is 1. The third kappa shape index (κ3) is 4.64. The fourth-order valence-corrected chi connectivity index (χ4v) is 2.66. The zero-order chi connectivity index (χ0) is 16.1. The number of nitrogens with one attached hydrogen (secondary N) is 1. The molecule has 0 spiro atoms. The number of carbonyl (C=O) groups excluding carboxylic acids is 1. The molecule has 3 heterocycles. The summed E-state index contributed by atoms with van der Waals surface area (Å²) in [5.74, 6) is 1.11. The normalized spacial score (nSPS) is 16.6. The summed E-state index contributed by atoms with van der Waals surface area (Å²) in [4.78, 5) is 20.6. The van der Waals surface area contributed by atoms with Crippen LogP contribution in [0.3, 0.4) is 0 Å². The zero-order valence-corrected chi connectivity index (χ0v) is 13.3. The number of anilines is 1. The van der Waals surface area contributed by atoms with Crippen molar-refractivity contribution in [2.45, 2.75) is 13.5 Å². The third-order valence-corrected chi connectivity index (χ3v) is 3.96. The topological polar surface area (TPSA) is 79.4 Å². The predicted octanol–water partition coefficient (Wildman–Crippen LogP) is 0.436. The number of hydrogen-bond acceptors (Lipinski definition) is 6. The second-order valence-corrected chi connectivity index (χ2v) is 5.79. The van der Waals surface area contributed by atoms with Crippen molar-refractivity contribution in [1.29, 1.82) is 0 Å². The quantitative estimate of drug-likeness (QED) is 0.832. The molecule has 0 aromatic carbocycles. The van der Waals surface area contributed by atoms with Gasteiger partial charge in [-0.3, -0.25) is 14.6 Å². The largest absolute Gasteiger partial charge is 0.360 e. The second-order valence-electron chi connectivity index (χ2n) is 5.79. The van der Waals surface area contributed by atoms with Crippen LogP contribution in [0.1, 0.15) is 5.76 Å². The van der Waals surface area contributed by atoms with E-state index >= 15 is 0 Å². The Kier molecular flexibility index (Phi) is 5.04. The van der Waals surface area contributed by atoms with E-state index < -0.39 is 0 Å². The van der Waals surface area contributed by atoms with Gasteiger partial charge in [-0.25, -0.2) is 4.98 Å². The molecule has 2 aromatic heterocycles. The van der Waals surface area contributed by atoms with Gasteiger partial charge in [-0.15, -0.1) is 0 Å². The molecule has 0 atom stereocenters. The van der Waals surface area contributed by atoms with Crippen LogP contribution >= 0.6 is 0 Å². The van der Waals surface area contributed by atoms with Gasteiger partial charge in [0, 0.05) is 57.7 Å². The molecule has 0 saturated carbocycles. The Morgan fingerprint density at radius 1 is 1.26 bits per heavy atom. The first kappa shape index (κ1) is 15.7. The van der Waals surface area contributed by atoms with Gasteiger partial charge in [0.05, 0.1) is 12.9 Å². The van der Waals surface area contributed by atoms with Crippen molar-refractivity contribution in [2.75, 3.05) is 44.6 Å². The molecule has 8 nitrogen and oxygen atoms in total. The Morgan fingerprint density at radius 3 is 2.70 bits per heavy atom. The van der Waals surface area contributed by atoms with Gasteiger partial charge in [-0.2, -0.15) is 0 Å². The highest BCUT2D eigenvalue weighted by Crippen LogP contribution is 2.07. The van der Waals surface area contributed by atoms with Crippen LogP contribution in [0.4, 0.5) is 5.82 Å². The van der Waals surface area contributed by atoms with E-state index in [2.05, 4.69) is 29.8 Å². The summed E-state index contributed by atoms with van der Waals surface area (Å²) in [5, 5.41) is 6.52. The Morgan fingerprint density at radius 2 is 2.04 bits per heavy atom. The van der Waals surface area contributed by atoms with Crippen molar-refractivity contribution in [3.63, 3.8) is 0 Å². The summed E-state index contributed by atoms with van der Waals surface area (Å²) in [6.07, 6.45) is 5.62. The first-order valence-electron chi connectivity index (χ1n) is 7.83. The van der Waals surface area contributed by atoms with E-state index in [0.717, 1.165) is 39.3 Å². The van der Waals surface area contributed by atoms with Gasteiger partial charge in [0.15, 0.2) is 5.82 Å². The maximum Gasteiger partial charge on any atom is 0.239 e. The van der Waals surface area contributed by atoms with Crippen LogP contribution in [-0.2, 0) is 11.3 Å². The third-order valence-electron chi connectivity index (χ3n) is 3.96. The molecule has 8 heteroatoms. The number of amides is 1. The van der Waals surface area contributed by atoms with Crippen molar-refractivity contribution < 1.29 is 9.32 Å². The van der Waals surface area contributed by atoms with Crippen molar-refractivity contribution in [3.05, 3.63) is 30.5 Å². The van der Waals surface area contributed by atoms with E-state index in [1.807, 2.05) is 12.5 Å². The molecule has 1 N–H and O–H groups in total. The Hall–Kier alpha value is -2.19. The molecule has 3 rings (SSSR count). The minimum atomic E-state index is -0.0508. The van der Waals surface area contributed by atoms with Crippen molar-refractivity contribution in [3.8, 4) is 0 Å². The van der Waals surface area contributed by atoms with Crippen molar-refractivity contribution in [2.24, 2.45) is 0 Å². The number of piperazine rings is 1. The van der Waals surface area contributed by atoms with Crippen molar-refractivity contribution in [1.82, 2.24) is 24.5 Å². The highest BCUT2D eigenvalue weighted by Gasteiger charge is 2.19.